The molecule has 1 saturated heterocycles. The molecule has 0 radical (unpaired) electrons. The Hall–Kier alpha value is -0.280. The molecule has 0 N–H and O–H groups in total. The Balaban J connectivity index is 1.76. The topological polar surface area (TPSA) is 17.1 Å². The number of rotatable bonds is 4. The minimum Gasteiger partial charge on any atom is -0.299 e. The largest absolute Gasteiger partial charge is 0.299 e. The molecule has 1 nitrogen and oxygen atoms in total. The van der Waals surface area contributed by atoms with Gasteiger partial charge in [0.2, 0.25) is 0 Å². The van der Waals surface area contributed by atoms with Crippen LogP contribution in [0, 0.1) is 5.92 Å². The van der Waals surface area contributed by atoms with E-state index in [0.717, 1.165) is 6.42 Å². The van der Waals surface area contributed by atoms with Crippen LogP contribution in [0.25, 0.3) is 0 Å². The highest BCUT2D eigenvalue weighted by atomic mass is 32.2. The van der Waals surface area contributed by atoms with Crippen molar-refractivity contribution in [3.63, 3.8) is 0 Å². The fourth-order valence-electron chi connectivity index (χ4n) is 1.95. The summed E-state index contributed by atoms with van der Waals surface area (Å²) >= 11 is 3.71. The summed E-state index contributed by atoms with van der Waals surface area (Å²) in [5, 5.41) is 2.04. The smallest absolute Gasteiger partial charge is 0.138 e. The number of carbonyl (C=O) groups excluding carboxylic acids is 1. The third-order valence-electron chi connectivity index (χ3n) is 2.81. The fourth-order valence-corrected chi connectivity index (χ4v) is 3.89. The van der Waals surface area contributed by atoms with E-state index < -0.39 is 0 Å². The molecule has 3 heteroatoms. The summed E-state index contributed by atoms with van der Waals surface area (Å²) in [5.41, 5.74) is 0. The molecule has 0 unspecified atom stereocenters. The van der Waals surface area contributed by atoms with Gasteiger partial charge < -0.3 is 0 Å². The van der Waals surface area contributed by atoms with Crippen molar-refractivity contribution in [2.24, 2.45) is 5.92 Å². The Morgan fingerprint density at radius 2 is 2.20 bits per heavy atom. The van der Waals surface area contributed by atoms with E-state index in [-0.39, 0.29) is 0 Å². The predicted molar refractivity (Wildman–Crippen MR) is 67.7 cm³/mol. The van der Waals surface area contributed by atoms with Gasteiger partial charge in [-0.05, 0) is 41.7 Å². The molecule has 1 aliphatic heterocycles. The minimum absolute atomic E-state index is 0.425. The van der Waals surface area contributed by atoms with Gasteiger partial charge in [0.1, 0.15) is 5.78 Å². The van der Waals surface area contributed by atoms with Crippen molar-refractivity contribution in [3.05, 3.63) is 22.4 Å². The van der Waals surface area contributed by atoms with Crippen molar-refractivity contribution < 1.29 is 4.79 Å². The lowest BCUT2D eigenvalue weighted by Gasteiger charge is -2.20. The normalized spacial score (nSPS) is 17.9. The first-order valence-corrected chi connectivity index (χ1v) is 7.50. The van der Waals surface area contributed by atoms with Crippen molar-refractivity contribution in [2.45, 2.75) is 25.7 Å². The van der Waals surface area contributed by atoms with Gasteiger partial charge in [-0.2, -0.15) is 11.8 Å². The molecular formula is C12H16OS2. The molecule has 15 heavy (non-hydrogen) atoms. The first kappa shape index (κ1) is 11.2. The van der Waals surface area contributed by atoms with E-state index >= 15 is 0 Å². The van der Waals surface area contributed by atoms with Gasteiger partial charge >= 0.3 is 0 Å². The molecule has 2 rings (SSSR count). The molecule has 0 bridgehead atoms. The van der Waals surface area contributed by atoms with E-state index in [1.165, 1.54) is 29.2 Å². The Labute approximate surface area is 99.3 Å². The van der Waals surface area contributed by atoms with Gasteiger partial charge in [-0.1, -0.05) is 6.07 Å². The third-order valence-corrected chi connectivity index (χ3v) is 4.73. The van der Waals surface area contributed by atoms with Gasteiger partial charge in [0.05, 0.1) is 0 Å². The summed E-state index contributed by atoms with van der Waals surface area (Å²) < 4.78 is 0. The van der Waals surface area contributed by atoms with Gasteiger partial charge in [0.15, 0.2) is 0 Å². The predicted octanol–water partition coefficient (Wildman–Crippen LogP) is 3.39. The van der Waals surface area contributed by atoms with Crippen molar-refractivity contribution >= 4 is 28.9 Å². The van der Waals surface area contributed by atoms with Crippen molar-refractivity contribution in [1.82, 2.24) is 0 Å². The maximum absolute atomic E-state index is 11.8. The summed E-state index contributed by atoms with van der Waals surface area (Å²) in [6.45, 7) is 0. The molecule has 0 aromatic carbocycles. The van der Waals surface area contributed by atoms with Crippen molar-refractivity contribution in [2.75, 3.05) is 11.5 Å². The van der Waals surface area contributed by atoms with Crippen molar-refractivity contribution in [3.8, 4) is 0 Å². The average Bonchev–Trinajstić information content (AvgIpc) is 2.71. The second-order valence-corrected chi connectivity index (χ2v) is 6.31. The molecule has 0 aliphatic carbocycles. The number of thiophene rings is 1. The maximum atomic E-state index is 11.8. The van der Waals surface area contributed by atoms with Crippen LogP contribution >= 0.6 is 23.1 Å². The van der Waals surface area contributed by atoms with Gasteiger partial charge in [-0.25, -0.2) is 0 Å². The molecule has 2 heterocycles. The van der Waals surface area contributed by atoms with E-state index in [1.807, 2.05) is 23.2 Å². The van der Waals surface area contributed by atoms with Crippen LogP contribution in [0.1, 0.15) is 24.1 Å². The number of carbonyl (C=O) groups is 1. The lowest BCUT2D eigenvalue weighted by Crippen LogP contribution is -2.15. The van der Waals surface area contributed by atoms with E-state index in [2.05, 4.69) is 6.07 Å². The van der Waals surface area contributed by atoms with Crippen LogP contribution in [0.5, 0.6) is 0 Å². The number of Topliss-reactive ketones (excluding diaryl/α,β-unsaturated/α-hetero) is 1. The van der Waals surface area contributed by atoms with Gasteiger partial charge in [-0.15, -0.1) is 11.3 Å². The van der Waals surface area contributed by atoms with Gasteiger partial charge in [-0.3, -0.25) is 4.79 Å². The van der Waals surface area contributed by atoms with Crippen LogP contribution in [0.3, 0.4) is 0 Å². The number of ketones is 1. The summed E-state index contributed by atoms with van der Waals surface area (Å²) in [4.78, 5) is 13.0. The molecule has 0 spiro atoms. The van der Waals surface area contributed by atoms with Crippen LogP contribution < -0.4 is 0 Å². The highest BCUT2D eigenvalue weighted by Gasteiger charge is 2.17. The van der Waals surface area contributed by atoms with Crippen LogP contribution in [0.15, 0.2) is 17.5 Å². The number of thioether (sulfide) groups is 1. The van der Waals surface area contributed by atoms with E-state index in [0.29, 0.717) is 18.1 Å². The monoisotopic (exact) mass is 240 g/mol. The Morgan fingerprint density at radius 3 is 2.87 bits per heavy atom. The maximum Gasteiger partial charge on any atom is 0.138 e. The summed E-state index contributed by atoms with van der Waals surface area (Å²) in [6, 6.07) is 4.07. The second kappa shape index (κ2) is 5.71. The van der Waals surface area contributed by atoms with E-state index in [1.54, 1.807) is 11.3 Å². The second-order valence-electron chi connectivity index (χ2n) is 4.05. The molecule has 0 atom stereocenters. The Bertz CT molecular complexity index is 299. The zero-order valence-electron chi connectivity index (χ0n) is 8.78. The lowest BCUT2D eigenvalue weighted by molar-refractivity contribution is -0.119. The molecule has 1 fully saturated rings. The Morgan fingerprint density at radius 1 is 1.40 bits per heavy atom. The van der Waals surface area contributed by atoms with Crippen LogP contribution in [-0.4, -0.2) is 17.3 Å². The standard InChI is InChI=1S/C12H16OS2/c13-11(9-12-2-1-5-15-12)8-10-3-6-14-7-4-10/h1-2,5,10H,3-4,6-9H2. The highest BCUT2D eigenvalue weighted by Crippen LogP contribution is 2.26. The number of hydrogen-bond donors (Lipinski definition) is 0. The quantitative estimate of drug-likeness (QED) is 0.802. The first-order valence-electron chi connectivity index (χ1n) is 5.46. The van der Waals surface area contributed by atoms with Crippen LogP contribution in [-0.2, 0) is 11.2 Å². The minimum atomic E-state index is 0.425. The fraction of sp³-hybridized carbons (Fsp3) is 0.583. The molecule has 1 aliphatic rings. The highest BCUT2D eigenvalue weighted by molar-refractivity contribution is 7.99. The van der Waals surface area contributed by atoms with Crippen LogP contribution in [0.4, 0.5) is 0 Å². The summed E-state index contributed by atoms with van der Waals surface area (Å²) in [7, 11) is 0. The van der Waals surface area contributed by atoms with Gasteiger partial charge in [0, 0.05) is 17.7 Å². The van der Waals surface area contributed by atoms with Crippen LogP contribution in [0.2, 0.25) is 0 Å². The summed E-state index contributed by atoms with van der Waals surface area (Å²) in [6.07, 6.45) is 3.93. The first-order chi connectivity index (χ1) is 7.34. The molecule has 0 amide bonds. The summed E-state index contributed by atoms with van der Waals surface area (Å²) in [5.74, 6) is 3.58. The number of hydrogen-bond acceptors (Lipinski definition) is 3. The lowest BCUT2D eigenvalue weighted by atomic mass is 9.95. The SMILES string of the molecule is O=C(Cc1cccs1)CC1CCSCC1. The third kappa shape index (κ3) is 3.65. The molecule has 1 aromatic rings. The van der Waals surface area contributed by atoms with Crippen molar-refractivity contribution in [1.29, 1.82) is 0 Å². The van der Waals surface area contributed by atoms with Gasteiger partial charge in [0.25, 0.3) is 0 Å². The molecule has 1 aromatic heterocycles. The zero-order chi connectivity index (χ0) is 10.5. The molecule has 0 saturated carbocycles. The van der Waals surface area contributed by atoms with E-state index in [4.69, 9.17) is 0 Å². The average molecular weight is 240 g/mol. The molecule has 82 valence electrons. The zero-order valence-corrected chi connectivity index (χ0v) is 10.4. The molecular weight excluding hydrogens is 224 g/mol. The Kier molecular flexibility index (Phi) is 4.27. The van der Waals surface area contributed by atoms with E-state index in [9.17, 15) is 4.79 Å².